The van der Waals surface area contributed by atoms with Crippen LogP contribution in [0.5, 0.6) is 0 Å². The number of nitrogens with two attached hydrogens (primary N) is 2. The molecule has 1 fully saturated rings. The molecule has 4 N–H and O–H groups in total. The molecule has 0 bridgehead atoms. The van der Waals surface area contributed by atoms with E-state index in [1.165, 1.54) is 0 Å². The van der Waals surface area contributed by atoms with Crippen LogP contribution in [0.3, 0.4) is 0 Å². The molecular weight excluding hydrogens is 352 g/mol. The van der Waals surface area contributed by atoms with Gasteiger partial charge in [0.15, 0.2) is 5.78 Å². The van der Waals surface area contributed by atoms with E-state index >= 15 is 0 Å². The van der Waals surface area contributed by atoms with Gasteiger partial charge in [0.1, 0.15) is 0 Å². The Morgan fingerprint density at radius 1 is 1.21 bits per heavy atom. The third-order valence-corrected chi connectivity index (χ3v) is 5.37. The Balaban J connectivity index is 2.09. The Bertz CT molecular complexity index is 752. The first-order chi connectivity index (χ1) is 13.1. The minimum Gasteiger partial charge on any atom is -0.404 e. The van der Waals surface area contributed by atoms with E-state index < -0.39 is 0 Å². The summed E-state index contributed by atoms with van der Waals surface area (Å²) < 4.78 is 0. The summed E-state index contributed by atoms with van der Waals surface area (Å²) in [5.74, 6) is 1.47. The zero-order chi connectivity index (χ0) is 21.0. The molecule has 1 aromatic rings. The number of aromatic nitrogens is 2. The summed E-state index contributed by atoms with van der Waals surface area (Å²) in [5, 5.41) is 0. The van der Waals surface area contributed by atoms with Gasteiger partial charge in [0, 0.05) is 32.1 Å². The van der Waals surface area contributed by atoms with Crippen molar-refractivity contribution in [3.05, 3.63) is 40.6 Å². The Kier molecular flexibility index (Phi) is 7.05. The molecule has 0 saturated carbocycles. The largest absolute Gasteiger partial charge is 0.404 e. The standard InChI is InChI=1S/C21H34N6O/c1-13(2)20(28)19-15(4)24-21(25-16(19)5)27-9-7-17(8-10-27)26(6)18(23)11-14(3)12-22/h11-13,17H,7-10,22-23H2,1-6H3/b14-12-,18-11+. The molecule has 0 aromatic carbocycles. The van der Waals surface area contributed by atoms with Crippen molar-refractivity contribution in [2.45, 2.75) is 53.5 Å². The van der Waals surface area contributed by atoms with E-state index in [1.807, 2.05) is 47.7 Å². The maximum absolute atomic E-state index is 12.4. The Hall–Kier alpha value is -2.57. The summed E-state index contributed by atoms with van der Waals surface area (Å²) in [7, 11) is 2.02. The van der Waals surface area contributed by atoms with E-state index in [0.29, 0.717) is 17.6 Å². The fourth-order valence-corrected chi connectivity index (χ4v) is 3.53. The molecule has 0 unspecified atom stereocenters. The van der Waals surface area contributed by atoms with Crippen molar-refractivity contribution in [2.24, 2.45) is 17.4 Å². The number of carbonyl (C=O) groups is 1. The van der Waals surface area contributed by atoms with Crippen LogP contribution in [0, 0.1) is 19.8 Å². The number of aryl methyl sites for hydroxylation is 2. The molecule has 154 valence electrons. The summed E-state index contributed by atoms with van der Waals surface area (Å²) in [6, 6.07) is 0.363. The predicted molar refractivity (Wildman–Crippen MR) is 114 cm³/mol. The molecule has 7 heteroatoms. The molecule has 0 amide bonds. The monoisotopic (exact) mass is 386 g/mol. The van der Waals surface area contributed by atoms with Crippen LogP contribution in [0.25, 0.3) is 0 Å². The van der Waals surface area contributed by atoms with Gasteiger partial charge in [-0.05, 0) is 51.5 Å². The van der Waals surface area contributed by atoms with E-state index in [4.69, 9.17) is 11.5 Å². The molecule has 7 nitrogen and oxygen atoms in total. The number of piperidine rings is 1. The SMILES string of the molecule is CC(=C/N)/C=C(\N)N(C)C1CCN(c2nc(C)c(C(=O)C(C)C)c(C)n2)CC1. The first-order valence-corrected chi connectivity index (χ1v) is 9.88. The van der Waals surface area contributed by atoms with Gasteiger partial charge < -0.3 is 21.3 Å². The first kappa shape index (κ1) is 21.7. The number of allylic oxidation sites excluding steroid dienone is 2. The molecule has 1 saturated heterocycles. The quantitative estimate of drug-likeness (QED) is 0.572. The van der Waals surface area contributed by atoms with Crippen molar-refractivity contribution in [3.63, 3.8) is 0 Å². The number of Topliss-reactive ketones (excluding diaryl/α,β-unsaturated/α-hetero) is 1. The highest BCUT2D eigenvalue weighted by molar-refractivity contribution is 5.99. The predicted octanol–water partition coefficient (Wildman–Crippen LogP) is 2.50. The zero-order valence-corrected chi connectivity index (χ0v) is 18.0. The lowest BCUT2D eigenvalue weighted by atomic mass is 9.98. The van der Waals surface area contributed by atoms with Gasteiger partial charge >= 0.3 is 0 Å². The van der Waals surface area contributed by atoms with Crippen LogP contribution in [0.1, 0.15) is 55.4 Å². The van der Waals surface area contributed by atoms with Crippen LogP contribution in [0.15, 0.2) is 23.7 Å². The maximum Gasteiger partial charge on any atom is 0.225 e. The van der Waals surface area contributed by atoms with E-state index in [2.05, 4.69) is 19.8 Å². The van der Waals surface area contributed by atoms with Gasteiger partial charge in [-0.15, -0.1) is 0 Å². The fraction of sp³-hybridized carbons (Fsp3) is 0.571. The number of anilines is 1. The number of carbonyl (C=O) groups excluding carboxylic acids is 1. The van der Waals surface area contributed by atoms with Gasteiger partial charge in [-0.2, -0.15) is 0 Å². The highest BCUT2D eigenvalue weighted by atomic mass is 16.1. The number of hydrogen-bond acceptors (Lipinski definition) is 7. The van der Waals surface area contributed by atoms with Crippen molar-refractivity contribution in [1.29, 1.82) is 0 Å². The Morgan fingerprint density at radius 2 is 1.75 bits per heavy atom. The molecule has 0 atom stereocenters. The first-order valence-electron chi connectivity index (χ1n) is 9.88. The van der Waals surface area contributed by atoms with Gasteiger partial charge in [0.25, 0.3) is 0 Å². The van der Waals surface area contributed by atoms with Gasteiger partial charge in [-0.25, -0.2) is 9.97 Å². The molecule has 2 rings (SSSR count). The van der Waals surface area contributed by atoms with Crippen LogP contribution in [0.2, 0.25) is 0 Å². The number of rotatable bonds is 6. The van der Waals surface area contributed by atoms with Crippen LogP contribution >= 0.6 is 0 Å². The van der Waals surface area contributed by atoms with Gasteiger partial charge in [-0.1, -0.05) is 13.8 Å². The number of ketones is 1. The molecular formula is C21H34N6O. The van der Waals surface area contributed by atoms with Crippen molar-refractivity contribution < 1.29 is 4.79 Å². The minimum atomic E-state index is -0.0607. The van der Waals surface area contributed by atoms with E-state index in [9.17, 15) is 4.79 Å². The van der Waals surface area contributed by atoms with Gasteiger partial charge in [0.2, 0.25) is 5.95 Å². The molecule has 0 spiro atoms. The van der Waals surface area contributed by atoms with Crippen molar-refractivity contribution >= 4 is 11.7 Å². The summed E-state index contributed by atoms with van der Waals surface area (Å²) >= 11 is 0. The molecule has 1 aliphatic heterocycles. The number of hydrogen-bond donors (Lipinski definition) is 2. The van der Waals surface area contributed by atoms with E-state index in [1.54, 1.807) is 6.20 Å². The second-order valence-corrected chi connectivity index (χ2v) is 7.90. The smallest absolute Gasteiger partial charge is 0.225 e. The molecule has 2 heterocycles. The van der Waals surface area contributed by atoms with Crippen molar-refractivity contribution in [2.75, 3.05) is 25.0 Å². The van der Waals surface area contributed by atoms with Crippen LogP contribution < -0.4 is 16.4 Å². The summed E-state index contributed by atoms with van der Waals surface area (Å²) in [6.45, 7) is 11.2. The second-order valence-electron chi connectivity index (χ2n) is 7.90. The highest BCUT2D eigenvalue weighted by Crippen LogP contribution is 2.23. The van der Waals surface area contributed by atoms with Gasteiger partial charge in [0.05, 0.1) is 22.8 Å². The molecule has 28 heavy (non-hydrogen) atoms. The lowest BCUT2D eigenvalue weighted by molar-refractivity contribution is 0.0937. The average molecular weight is 387 g/mol. The second kappa shape index (κ2) is 9.08. The van der Waals surface area contributed by atoms with Crippen LogP contribution in [0.4, 0.5) is 5.95 Å². The van der Waals surface area contributed by atoms with E-state index in [-0.39, 0.29) is 11.7 Å². The Labute approximate surface area is 168 Å². The van der Waals surface area contributed by atoms with Crippen LogP contribution in [-0.4, -0.2) is 46.8 Å². The third-order valence-electron chi connectivity index (χ3n) is 5.37. The highest BCUT2D eigenvalue weighted by Gasteiger charge is 2.26. The molecule has 1 aliphatic rings. The third kappa shape index (κ3) is 4.82. The van der Waals surface area contributed by atoms with Crippen LogP contribution in [-0.2, 0) is 0 Å². The lowest BCUT2D eigenvalue weighted by Gasteiger charge is -2.38. The maximum atomic E-state index is 12.4. The Morgan fingerprint density at radius 3 is 2.21 bits per heavy atom. The summed E-state index contributed by atoms with van der Waals surface area (Å²) in [4.78, 5) is 26.0. The van der Waals surface area contributed by atoms with Crippen molar-refractivity contribution in [3.8, 4) is 0 Å². The minimum absolute atomic E-state index is 0.0607. The molecule has 0 aliphatic carbocycles. The fourth-order valence-electron chi connectivity index (χ4n) is 3.53. The van der Waals surface area contributed by atoms with Crippen molar-refractivity contribution in [1.82, 2.24) is 14.9 Å². The lowest BCUT2D eigenvalue weighted by Crippen LogP contribution is -2.45. The van der Waals surface area contributed by atoms with Gasteiger partial charge in [-0.3, -0.25) is 4.79 Å². The zero-order valence-electron chi connectivity index (χ0n) is 18.0. The summed E-state index contributed by atoms with van der Waals surface area (Å²) in [6.07, 6.45) is 5.38. The summed E-state index contributed by atoms with van der Waals surface area (Å²) in [5.41, 5.74) is 14.9. The topological polar surface area (TPSA) is 101 Å². The van der Waals surface area contributed by atoms with E-state index in [0.717, 1.165) is 48.7 Å². The molecule has 0 radical (unpaired) electrons. The molecule has 1 aromatic heterocycles. The number of nitrogens with zero attached hydrogens (tertiary/aromatic N) is 4. The normalized spacial score (nSPS) is 16.6. The average Bonchev–Trinajstić information content (AvgIpc) is 2.66.